The van der Waals surface area contributed by atoms with Crippen LogP contribution in [-0.4, -0.2) is 60.5 Å². The van der Waals surface area contributed by atoms with Crippen molar-refractivity contribution in [3.63, 3.8) is 0 Å². The number of fused-ring (bicyclic) bond motifs is 1. The molecule has 1 aliphatic rings. The summed E-state index contributed by atoms with van der Waals surface area (Å²) in [7, 11) is 2.13. The highest BCUT2D eigenvalue weighted by Gasteiger charge is 2.23. The van der Waals surface area contributed by atoms with E-state index in [1.54, 1.807) is 12.1 Å². The Morgan fingerprint density at radius 3 is 2.57 bits per heavy atom. The first kappa shape index (κ1) is 20.4. The van der Waals surface area contributed by atoms with Gasteiger partial charge in [0.25, 0.3) is 5.91 Å². The molecule has 1 amide bonds. The number of carbonyl (C=O) groups excluding carboxylic acids is 1. The van der Waals surface area contributed by atoms with Gasteiger partial charge in [0.2, 0.25) is 0 Å². The van der Waals surface area contributed by atoms with Gasteiger partial charge in [0.1, 0.15) is 5.82 Å². The van der Waals surface area contributed by atoms with Gasteiger partial charge in [0.15, 0.2) is 0 Å². The Morgan fingerprint density at radius 1 is 1.10 bits per heavy atom. The molecule has 1 unspecified atom stereocenters. The molecule has 1 N–H and O–H groups in total. The van der Waals surface area contributed by atoms with Gasteiger partial charge in [-0.15, -0.1) is 0 Å². The largest absolute Gasteiger partial charge is 0.344 e. The summed E-state index contributed by atoms with van der Waals surface area (Å²) in [4.78, 5) is 22.4. The summed E-state index contributed by atoms with van der Waals surface area (Å²) in [6.45, 7) is 6.57. The normalized spacial score (nSPS) is 16.5. The SMILES string of the molecule is Cc1cc(C(=O)NC(CN2CCN(C)CC2)c2ccccc2)c2ccc(F)cc2n1. The summed E-state index contributed by atoms with van der Waals surface area (Å²) in [5.74, 6) is -0.524. The molecule has 0 radical (unpaired) electrons. The van der Waals surface area contributed by atoms with Gasteiger partial charge < -0.3 is 10.2 Å². The lowest BCUT2D eigenvalue weighted by Crippen LogP contribution is -2.47. The van der Waals surface area contributed by atoms with Crippen molar-refractivity contribution in [1.29, 1.82) is 0 Å². The maximum Gasteiger partial charge on any atom is 0.252 e. The van der Waals surface area contributed by atoms with E-state index in [1.807, 2.05) is 37.3 Å². The Labute approximate surface area is 176 Å². The number of benzene rings is 2. The Hall–Kier alpha value is -2.83. The van der Waals surface area contributed by atoms with Crippen LogP contribution in [0, 0.1) is 12.7 Å². The Morgan fingerprint density at radius 2 is 1.83 bits per heavy atom. The van der Waals surface area contributed by atoms with Crippen molar-refractivity contribution in [2.24, 2.45) is 0 Å². The zero-order chi connectivity index (χ0) is 21.1. The highest BCUT2D eigenvalue weighted by molar-refractivity contribution is 6.06. The van der Waals surface area contributed by atoms with Crippen molar-refractivity contribution in [2.75, 3.05) is 39.8 Å². The molecule has 156 valence electrons. The van der Waals surface area contributed by atoms with Crippen molar-refractivity contribution in [2.45, 2.75) is 13.0 Å². The first-order valence-electron chi connectivity index (χ1n) is 10.3. The molecule has 0 spiro atoms. The molecule has 2 heterocycles. The number of aryl methyl sites for hydroxylation is 1. The Balaban J connectivity index is 1.61. The van der Waals surface area contributed by atoms with E-state index in [2.05, 4.69) is 27.1 Å². The van der Waals surface area contributed by atoms with Gasteiger partial charge >= 0.3 is 0 Å². The number of pyridine rings is 1. The second-order valence-electron chi connectivity index (χ2n) is 8.01. The average Bonchev–Trinajstić information content (AvgIpc) is 2.74. The number of amides is 1. The molecule has 5 nitrogen and oxygen atoms in total. The summed E-state index contributed by atoms with van der Waals surface area (Å²) in [5, 5.41) is 3.88. The first-order valence-corrected chi connectivity index (χ1v) is 10.3. The predicted molar refractivity (Wildman–Crippen MR) is 117 cm³/mol. The number of carbonyl (C=O) groups is 1. The molecule has 4 rings (SSSR count). The van der Waals surface area contributed by atoms with Gasteiger partial charge in [0, 0.05) is 49.9 Å². The molecule has 6 heteroatoms. The van der Waals surface area contributed by atoms with Crippen LogP contribution < -0.4 is 5.32 Å². The molecule has 30 heavy (non-hydrogen) atoms. The monoisotopic (exact) mass is 406 g/mol. The fourth-order valence-corrected chi connectivity index (χ4v) is 3.97. The number of aromatic nitrogens is 1. The lowest BCUT2D eigenvalue weighted by molar-refractivity contribution is 0.0908. The van der Waals surface area contributed by atoms with E-state index in [4.69, 9.17) is 0 Å². The number of hydrogen-bond acceptors (Lipinski definition) is 4. The van der Waals surface area contributed by atoms with E-state index in [-0.39, 0.29) is 17.8 Å². The van der Waals surface area contributed by atoms with E-state index < -0.39 is 0 Å². The standard InChI is InChI=1S/C24H27FN4O/c1-17-14-21(20-9-8-19(25)15-22(20)26-17)24(30)27-23(18-6-4-3-5-7-18)16-29-12-10-28(2)11-13-29/h3-9,14-15,23H,10-13,16H2,1-2H3,(H,27,30). The molecule has 0 saturated carbocycles. The van der Waals surface area contributed by atoms with Crippen molar-refractivity contribution >= 4 is 16.8 Å². The van der Waals surface area contributed by atoms with Gasteiger partial charge in [-0.3, -0.25) is 14.7 Å². The maximum absolute atomic E-state index is 13.7. The summed E-state index contributed by atoms with van der Waals surface area (Å²) in [6.07, 6.45) is 0. The van der Waals surface area contributed by atoms with E-state index in [1.165, 1.54) is 12.1 Å². The van der Waals surface area contributed by atoms with Crippen molar-refractivity contribution < 1.29 is 9.18 Å². The molecular formula is C24H27FN4O. The van der Waals surface area contributed by atoms with Crippen LogP contribution in [0.3, 0.4) is 0 Å². The van der Waals surface area contributed by atoms with Crippen LogP contribution in [0.5, 0.6) is 0 Å². The first-order chi connectivity index (χ1) is 14.5. The number of hydrogen-bond donors (Lipinski definition) is 1. The molecule has 0 bridgehead atoms. The smallest absolute Gasteiger partial charge is 0.252 e. The van der Waals surface area contributed by atoms with Crippen molar-refractivity contribution in [3.05, 3.63) is 77.2 Å². The van der Waals surface area contributed by atoms with Crippen LogP contribution in [-0.2, 0) is 0 Å². The third-order valence-electron chi connectivity index (χ3n) is 5.69. The number of nitrogens with zero attached hydrogens (tertiary/aromatic N) is 3. The fraction of sp³-hybridized carbons (Fsp3) is 0.333. The number of piperazine rings is 1. The second kappa shape index (κ2) is 8.90. The molecule has 1 saturated heterocycles. The van der Waals surface area contributed by atoms with E-state index in [0.717, 1.165) is 38.3 Å². The van der Waals surface area contributed by atoms with Gasteiger partial charge in [-0.1, -0.05) is 30.3 Å². The maximum atomic E-state index is 13.7. The van der Waals surface area contributed by atoms with Crippen LogP contribution in [0.1, 0.15) is 27.7 Å². The van der Waals surface area contributed by atoms with E-state index >= 15 is 0 Å². The topological polar surface area (TPSA) is 48.5 Å². The molecule has 1 aromatic heterocycles. The van der Waals surface area contributed by atoms with Gasteiger partial charge in [0.05, 0.1) is 17.1 Å². The molecule has 3 aromatic rings. The predicted octanol–water partition coefficient (Wildman–Crippen LogP) is 3.40. The van der Waals surface area contributed by atoms with Gasteiger partial charge in [-0.2, -0.15) is 0 Å². The molecule has 2 aromatic carbocycles. The minimum absolute atomic E-state index is 0.133. The zero-order valence-electron chi connectivity index (χ0n) is 17.4. The highest BCUT2D eigenvalue weighted by Crippen LogP contribution is 2.22. The lowest BCUT2D eigenvalue weighted by atomic mass is 10.0. The fourth-order valence-electron chi connectivity index (χ4n) is 3.97. The number of likely N-dealkylation sites (N-methyl/N-ethyl adjacent to an activating group) is 1. The molecule has 1 fully saturated rings. The lowest BCUT2D eigenvalue weighted by Gasteiger charge is -2.35. The highest BCUT2D eigenvalue weighted by atomic mass is 19.1. The molecule has 1 atom stereocenters. The Bertz CT molecular complexity index is 1030. The van der Waals surface area contributed by atoms with Gasteiger partial charge in [-0.25, -0.2) is 4.39 Å². The summed E-state index contributed by atoms with van der Waals surface area (Å²) in [6, 6.07) is 16.1. The third kappa shape index (κ3) is 4.66. The van der Waals surface area contributed by atoms with Crippen LogP contribution in [0.25, 0.3) is 10.9 Å². The van der Waals surface area contributed by atoms with Crippen molar-refractivity contribution in [3.8, 4) is 0 Å². The average molecular weight is 407 g/mol. The third-order valence-corrected chi connectivity index (χ3v) is 5.69. The quantitative estimate of drug-likeness (QED) is 0.706. The minimum atomic E-state index is -0.357. The van der Waals surface area contributed by atoms with Gasteiger partial charge in [-0.05, 0) is 37.7 Å². The second-order valence-corrected chi connectivity index (χ2v) is 8.01. The van der Waals surface area contributed by atoms with Crippen LogP contribution in [0.15, 0.2) is 54.6 Å². The van der Waals surface area contributed by atoms with Crippen LogP contribution in [0.2, 0.25) is 0 Å². The Kier molecular flexibility index (Phi) is 6.06. The molecular weight excluding hydrogens is 379 g/mol. The summed E-state index contributed by atoms with van der Waals surface area (Å²) < 4.78 is 13.7. The number of rotatable bonds is 5. The minimum Gasteiger partial charge on any atom is -0.344 e. The van der Waals surface area contributed by atoms with Crippen LogP contribution in [0.4, 0.5) is 4.39 Å². The van der Waals surface area contributed by atoms with Crippen molar-refractivity contribution in [1.82, 2.24) is 20.1 Å². The van der Waals surface area contributed by atoms with Crippen LogP contribution >= 0.6 is 0 Å². The van der Waals surface area contributed by atoms with E-state index in [9.17, 15) is 9.18 Å². The number of nitrogens with one attached hydrogen (secondary N) is 1. The molecule has 1 aliphatic heterocycles. The summed E-state index contributed by atoms with van der Waals surface area (Å²) in [5.41, 5.74) is 2.78. The zero-order valence-corrected chi connectivity index (χ0v) is 17.4. The summed E-state index contributed by atoms with van der Waals surface area (Å²) >= 11 is 0. The number of halogens is 1. The molecule has 0 aliphatic carbocycles. The van der Waals surface area contributed by atoms with E-state index in [0.29, 0.717) is 22.2 Å².